The standard InChI is InChI=1S/C54H66/c1-5-9-13-21-35-53(36-22-14-10-6-2)45-33-19-17-27-39(45)49-41-29-26-32-44-48(41)47-42(30-25-31-43(47)51(49)53)50-40-28-18-20-34-46(40)54(52(44)50,37-23-15-11-7-3)38-24-16-12-8-4/h17-20,25-34H,5-16,21-24,35-38H2,1-4H3. The van der Waals surface area contributed by atoms with Gasteiger partial charge in [0.2, 0.25) is 0 Å². The molecule has 0 radical (unpaired) electrons. The molecule has 0 spiro atoms. The first-order chi connectivity index (χ1) is 26.7. The average Bonchev–Trinajstić information content (AvgIpc) is 3.66. The first-order valence-corrected chi connectivity index (χ1v) is 22.6. The molecule has 6 aromatic carbocycles. The second kappa shape index (κ2) is 16.2. The van der Waals surface area contributed by atoms with E-state index in [0.717, 1.165) is 0 Å². The van der Waals surface area contributed by atoms with E-state index in [0.29, 0.717) is 0 Å². The van der Waals surface area contributed by atoms with E-state index in [4.69, 9.17) is 0 Å². The predicted octanol–water partition coefficient (Wildman–Crippen LogP) is 17.0. The summed E-state index contributed by atoms with van der Waals surface area (Å²) in [6, 6.07) is 34.4. The molecule has 0 saturated carbocycles. The maximum atomic E-state index is 2.54. The number of unbranched alkanes of at least 4 members (excludes halogenated alkanes) is 12. The molecule has 0 fully saturated rings. The molecule has 0 amide bonds. The van der Waals surface area contributed by atoms with Crippen molar-refractivity contribution in [3.8, 4) is 22.3 Å². The van der Waals surface area contributed by atoms with E-state index < -0.39 is 0 Å². The van der Waals surface area contributed by atoms with Crippen molar-refractivity contribution in [1.29, 1.82) is 0 Å². The van der Waals surface area contributed by atoms with Crippen molar-refractivity contribution in [2.75, 3.05) is 0 Å². The third-order valence-electron chi connectivity index (χ3n) is 14.2. The van der Waals surface area contributed by atoms with E-state index in [-0.39, 0.29) is 10.8 Å². The van der Waals surface area contributed by atoms with Crippen molar-refractivity contribution in [2.24, 2.45) is 0 Å². The molecule has 2 aliphatic rings. The summed E-state index contributed by atoms with van der Waals surface area (Å²) in [5.41, 5.74) is 12.8. The maximum absolute atomic E-state index is 2.54. The van der Waals surface area contributed by atoms with Gasteiger partial charge in [0.1, 0.15) is 0 Å². The van der Waals surface area contributed by atoms with Crippen molar-refractivity contribution in [3.63, 3.8) is 0 Å². The summed E-state index contributed by atoms with van der Waals surface area (Å²) in [5, 5.41) is 9.18. The Balaban J connectivity index is 1.45. The SMILES string of the molecule is CCCCCCC1(CCCCCC)c2ccccc2-c2c1c1cccc3c4c(c5cccc2c5c31)C(CCCCCC)(CCCCCC)c1ccccc1-4. The molecular weight excluding hydrogens is 649 g/mol. The summed E-state index contributed by atoms with van der Waals surface area (Å²) in [5.74, 6) is 0. The molecule has 2 aliphatic carbocycles. The van der Waals surface area contributed by atoms with Crippen LogP contribution in [-0.4, -0.2) is 0 Å². The molecule has 282 valence electrons. The zero-order valence-corrected chi connectivity index (χ0v) is 34.2. The lowest BCUT2D eigenvalue weighted by atomic mass is 9.67. The summed E-state index contributed by atoms with van der Waals surface area (Å²) in [7, 11) is 0. The Morgan fingerprint density at radius 1 is 0.333 bits per heavy atom. The van der Waals surface area contributed by atoms with Crippen LogP contribution in [0.2, 0.25) is 0 Å². The van der Waals surface area contributed by atoms with Gasteiger partial charge in [0.25, 0.3) is 0 Å². The number of hydrogen-bond acceptors (Lipinski definition) is 0. The highest BCUT2D eigenvalue weighted by atomic mass is 14.5. The highest BCUT2D eigenvalue weighted by molar-refractivity contribution is 6.32. The minimum atomic E-state index is 0.0563. The topological polar surface area (TPSA) is 0 Å². The Morgan fingerprint density at radius 3 is 1.02 bits per heavy atom. The van der Waals surface area contributed by atoms with Gasteiger partial charge in [-0.25, -0.2) is 0 Å². The molecule has 0 nitrogen and oxygen atoms in total. The lowest BCUT2D eigenvalue weighted by molar-refractivity contribution is 0.403. The summed E-state index contributed by atoms with van der Waals surface area (Å²) in [4.78, 5) is 0. The van der Waals surface area contributed by atoms with Gasteiger partial charge in [0, 0.05) is 10.8 Å². The molecule has 8 rings (SSSR count). The zero-order chi connectivity index (χ0) is 37.1. The van der Waals surface area contributed by atoms with E-state index in [2.05, 4.69) is 113 Å². The fourth-order valence-electron chi connectivity index (χ4n) is 11.8. The predicted molar refractivity (Wildman–Crippen MR) is 238 cm³/mol. The molecule has 0 bridgehead atoms. The Bertz CT molecular complexity index is 2010. The fraction of sp³-hybridized carbons (Fsp3) is 0.481. The van der Waals surface area contributed by atoms with Crippen LogP contribution in [-0.2, 0) is 10.8 Å². The van der Waals surface area contributed by atoms with E-state index in [1.165, 1.54) is 161 Å². The number of rotatable bonds is 20. The maximum Gasteiger partial charge on any atom is 0.0221 e. The molecule has 0 N–H and O–H groups in total. The van der Waals surface area contributed by atoms with Gasteiger partial charge in [-0.2, -0.15) is 0 Å². The first-order valence-electron chi connectivity index (χ1n) is 22.6. The first kappa shape index (κ1) is 37.3. The smallest absolute Gasteiger partial charge is 0.0221 e. The number of hydrogen-bond donors (Lipinski definition) is 0. The minimum Gasteiger partial charge on any atom is -0.0654 e. The fourth-order valence-corrected chi connectivity index (χ4v) is 11.8. The van der Waals surface area contributed by atoms with E-state index in [1.54, 1.807) is 44.2 Å². The van der Waals surface area contributed by atoms with E-state index in [9.17, 15) is 0 Å². The molecule has 6 aromatic rings. The number of fused-ring (bicyclic) bond motifs is 10. The van der Waals surface area contributed by atoms with Gasteiger partial charge in [-0.1, -0.05) is 215 Å². The van der Waals surface area contributed by atoms with Crippen LogP contribution in [0.5, 0.6) is 0 Å². The monoisotopic (exact) mass is 715 g/mol. The Labute approximate surface area is 327 Å². The van der Waals surface area contributed by atoms with E-state index in [1.807, 2.05) is 0 Å². The molecule has 0 atom stereocenters. The highest BCUT2D eigenvalue weighted by Crippen LogP contribution is 2.64. The lowest BCUT2D eigenvalue weighted by Gasteiger charge is -2.36. The quantitative estimate of drug-likeness (QED) is 0.0545. The van der Waals surface area contributed by atoms with Crippen LogP contribution < -0.4 is 0 Å². The summed E-state index contributed by atoms with van der Waals surface area (Å²) in [6.45, 7) is 9.42. The van der Waals surface area contributed by atoms with Crippen molar-refractivity contribution >= 4 is 32.3 Å². The third-order valence-corrected chi connectivity index (χ3v) is 14.2. The molecule has 0 heteroatoms. The van der Waals surface area contributed by atoms with Crippen LogP contribution >= 0.6 is 0 Å². The van der Waals surface area contributed by atoms with E-state index >= 15 is 0 Å². The Morgan fingerprint density at radius 2 is 0.667 bits per heavy atom. The van der Waals surface area contributed by atoms with Gasteiger partial charge in [-0.15, -0.1) is 0 Å². The van der Waals surface area contributed by atoms with Gasteiger partial charge in [-0.05, 0) is 103 Å². The Kier molecular flexibility index (Phi) is 11.2. The second-order valence-corrected chi connectivity index (χ2v) is 17.5. The molecule has 0 heterocycles. The normalized spacial score (nSPS) is 15.0. The van der Waals surface area contributed by atoms with Crippen molar-refractivity contribution in [3.05, 3.63) is 107 Å². The van der Waals surface area contributed by atoms with Crippen LogP contribution in [0.1, 0.15) is 178 Å². The highest BCUT2D eigenvalue weighted by Gasteiger charge is 2.47. The van der Waals surface area contributed by atoms with Gasteiger partial charge < -0.3 is 0 Å². The third kappa shape index (κ3) is 6.01. The van der Waals surface area contributed by atoms with Crippen molar-refractivity contribution in [1.82, 2.24) is 0 Å². The Hall–Kier alpha value is -3.64. The molecule has 0 aromatic heterocycles. The van der Waals surface area contributed by atoms with Crippen LogP contribution in [0.15, 0.2) is 84.9 Å². The molecular formula is C54H66. The van der Waals surface area contributed by atoms with Gasteiger partial charge in [0.05, 0.1) is 0 Å². The summed E-state index contributed by atoms with van der Waals surface area (Å²) < 4.78 is 0. The van der Waals surface area contributed by atoms with Crippen LogP contribution in [0.3, 0.4) is 0 Å². The van der Waals surface area contributed by atoms with Crippen LogP contribution in [0.25, 0.3) is 54.6 Å². The minimum absolute atomic E-state index is 0.0563. The largest absolute Gasteiger partial charge is 0.0654 e. The van der Waals surface area contributed by atoms with Crippen LogP contribution in [0.4, 0.5) is 0 Å². The molecule has 54 heavy (non-hydrogen) atoms. The van der Waals surface area contributed by atoms with Crippen molar-refractivity contribution in [2.45, 2.75) is 167 Å². The van der Waals surface area contributed by atoms with Crippen molar-refractivity contribution < 1.29 is 0 Å². The zero-order valence-electron chi connectivity index (χ0n) is 34.2. The molecule has 0 aliphatic heterocycles. The second-order valence-electron chi connectivity index (χ2n) is 17.5. The molecule has 0 unspecified atom stereocenters. The van der Waals surface area contributed by atoms with Gasteiger partial charge >= 0.3 is 0 Å². The summed E-state index contributed by atoms with van der Waals surface area (Å²) in [6.07, 6.45) is 26.0. The number of benzene rings is 6. The van der Waals surface area contributed by atoms with Crippen LogP contribution in [0, 0.1) is 0 Å². The lowest BCUT2D eigenvalue weighted by Crippen LogP contribution is -2.26. The average molecular weight is 715 g/mol. The van der Waals surface area contributed by atoms with Gasteiger partial charge in [-0.3, -0.25) is 0 Å². The molecule has 0 saturated heterocycles. The van der Waals surface area contributed by atoms with Gasteiger partial charge in [0.15, 0.2) is 0 Å². The summed E-state index contributed by atoms with van der Waals surface area (Å²) >= 11 is 0.